The second-order valence-electron chi connectivity index (χ2n) is 7.39. The van der Waals surface area contributed by atoms with E-state index in [9.17, 15) is 19.6 Å². The Bertz CT molecular complexity index is 930. The van der Waals surface area contributed by atoms with Crippen molar-refractivity contribution in [3.8, 4) is 6.07 Å². The molecule has 0 bridgehead atoms. The first-order valence-electron chi connectivity index (χ1n) is 9.15. The summed E-state index contributed by atoms with van der Waals surface area (Å²) in [5.41, 5.74) is -1.97. The summed E-state index contributed by atoms with van der Waals surface area (Å²) < 4.78 is 10.1. The van der Waals surface area contributed by atoms with Gasteiger partial charge in [0.15, 0.2) is 5.41 Å². The van der Waals surface area contributed by atoms with Crippen LogP contribution in [0.15, 0.2) is 36.4 Å². The van der Waals surface area contributed by atoms with E-state index in [0.717, 1.165) is 0 Å². The number of hydrogen-bond acceptors (Lipinski definition) is 6. The van der Waals surface area contributed by atoms with Crippen molar-refractivity contribution in [2.45, 2.75) is 30.7 Å². The molecule has 0 spiro atoms. The largest absolute Gasteiger partial charge is 0.468 e. The van der Waals surface area contributed by atoms with E-state index in [2.05, 4.69) is 6.07 Å². The molecule has 3 aliphatic rings. The van der Waals surface area contributed by atoms with Crippen molar-refractivity contribution < 1.29 is 23.9 Å². The average Bonchev–Trinajstić information content (AvgIpc) is 2.95. The number of amides is 1. The van der Waals surface area contributed by atoms with Crippen LogP contribution in [-0.4, -0.2) is 37.6 Å². The Hall–Kier alpha value is -3.14. The summed E-state index contributed by atoms with van der Waals surface area (Å²) in [6.07, 6.45) is 4.40. The molecule has 28 heavy (non-hydrogen) atoms. The molecule has 0 N–H and O–H groups in total. The van der Waals surface area contributed by atoms with Gasteiger partial charge in [0.25, 0.3) is 0 Å². The van der Waals surface area contributed by atoms with Gasteiger partial charge in [-0.3, -0.25) is 19.3 Å². The number of nitrogens with zero attached hydrogens (tertiary/aromatic N) is 2. The lowest BCUT2D eigenvalue weighted by molar-refractivity contribution is -0.172. The van der Waals surface area contributed by atoms with Crippen LogP contribution in [0.1, 0.15) is 30.7 Å². The fourth-order valence-electron chi connectivity index (χ4n) is 5.30. The summed E-state index contributed by atoms with van der Waals surface area (Å²) in [4.78, 5) is 40.6. The van der Waals surface area contributed by atoms with E-state index in [-0.39, 0.29) is 18.2 Å². The van der Waals surface area contributed by atoms with Crippen LogP contribution < -0.4 is 4.90 Å². The van der Waals surface area contributed by atoms with E-state index in [1.807, 2.05) is 6.08 Å². The third-order valence-corrected chi connectivity index (χ3v) is 6.36. The van der Waals surface area contributed by atoms with Crippen LogP contribution >= 0.6 is 0 Å². The highest BCUT2D eigenvalue weighted by atomic mass is 16.5. The number of benzene rings is 1. The van der Waals surface area contributed by atoms with Crippen LogP contribution in [0.5, 0.6) is 0 Å². The Balaban J connectivity index is 2.11. The van der Waals surface area contributed by atoms with Crippen molar-refractivity contribution in [3.63, 3.8) is 0 Å². The van der Waals surface area contributed by atoms with Gasteiger partial charge in [0.1, 0.15) is 5.54 Å². The van der Waals surface area contributed by atoms with Crippen molar-refractivity contribution in [3.05, 3.63) is 42.0 Å². The zero-order valence-electron chi connectivity index (χ0n) is 15.7. The predicted octanol–water partition coefficient (Wildman–Crippen LogP) is 2.08. The van der Waals surface area contributed by atoms with Crippen LogP contribution in [-0.2, 0) is 23.9 Å². The minimum absolute atomic E-state index is 0.0350. The molecule has 1 aliphatic carbocycles. The maximum atomic E-state index is 13.1. The van der Waals surface area contributed by atoms with Gasteiger partial charge in [-0.25, -0.2) is 0 Å². The molecule has 2 heterocycles. The van der Waals surface area contributed by atoms with E-state index in [0.29, 0.717) is 24.1 Å². The van der Waals surface area contributed by atoms with Crippen LogP contribution in [0.25, 0.3) is 0 Å². The maximum Gasteiger partial charge on any atom is 0.324 e. The van der Waals surface area contributed by atoms with Gasteiger partial charge in [-0.2, -0.15) is 5.26 Å². The molecular weight excluding hydrogens is 360 g/mol. The topological polar surface area (TPSA) is 96.7 Å². The van der Waals surface area contributed by atoms with Gasteiger partial charge in [0.2, 0.25) is 5.91 Å². The lowest BCUT2D eigenvalue weighted by Crippen LogP contribution is -2.63. The number of nitriles is 1. The minimum atomic E-state index is -1.76. The molecule has 4 rings (SSSR count). The highest BCUT2D eigenvalue weighted by Crippen LogP contribution is 2.63. The second-order valence-corrected chi connectivity index (χ2v) is 7.39. The molecule has 7 nitrogen and oxygen atoms in total. The van der Waals surface area contributed by atoms with Crippen LogP contribution in [0, 0.1) is 22.7 Å². The minimum Gasteiger partial charge on any atom is -0.468 e. The number of methoxy groups -OCH3 is 2. The number of piperidine rings is 1. The number of carbonyl (C=O) groups is 3. The van der Waals surface area contributed by atoms with Gasteiger partial charge in [-0.1, -0.05) is 30.4 Å². The number of rotatable bonds is 2. The first kappa shape index (κ1) is 18.2. The Morgan fingerprint density at radius 3 is 2.54 bits per heavy atom. The third-order valence-electron chi connectivity index (χ3n) is 6.36. The second kappa shape index (κ2) is 6.20. The molecule has 1 fully saturated rings. The Morgan fingerprint density at radius 2 is 1.89 bits per heavy atom. The number of para-hydroxylation sites is 1. The number of ether oxygens (including phenoxy) is 2. The molecule has 3 atom stereocenters. The summed E-state index contributed by atoms with van der Waals surface area (Å²) in [7, 11) is 2.42. The standard InChI is InChI=1S/C21H20N2O5/c1-27-18(25)20(19(26)28-2)11-5-6-13-9-10-16(24)23-15-8-4-3-7-14(15)17(20)21(13,23)12-22/h3-8,13,17H,9-11H2,1-2H3/t13-,17-,21+/m0/s1. The Morgan fingerprint density at radius 1 is 1.21 bits per heavy atom. The highest BCUT2D eigenvalue weighted by molar-refractivity contribution is 6.06. The van der Waals surface area contributed by atoms with Crippen LogP contribution in [0.3, 0.4) is 0 Å². The van der Waals surface area contributed by atoms with Crippen LogP contribution in [0.4, 0.5) is 5.69 Å². The summed E-state index contributed by atoms with van der Waals surface area (Å²) in [5.74, 6) is -2.93. The first-order chi connectivity index (χ1) is 13.5. The Labute approximate surface area is 162 Å². The molecule has 1 aromatic rings. The van der Waals surface area contributed by atoms with Crippen molar-refractivity contribution in [2.75, 3.05) is 19.1 Å². The maximum absolute atomic E-state index is 13.1. The van der Waals surface area contributed by atoms with Crippen molar-refractivity contribution >= 4 is 23.5 Å². The van der Waals surface area contributed by atoms with E-state index in [1.54, 1.807) is 30.3 Å². The summed E-state index contributed by atoms with van der Waals surface area (Å²) in [6, 6.07) is 9.43. The van der Waals surface area contributed by atoms with Gasteiger partial charge >= 0.3 is 11.9 Å². The quantitative estimate of drug-likeness (QED) is 0.443. The SMILES string of the molecule is COC(=O)C1(C(=O)OC)CC=C[C@H]2CCC(=O)N3c4ccccc4[C@@H]1[C@@]23C#N. The molecule has 1 saturated heterocycles. The van der Waals surface area contributed by atoms with E-state index in [4.69, 9.17) is 9.47 Å². The predicted molar refractivity (Wildman–Crippen MR) is 98.0 cm³/mol. The molecule has 2 aliphatic heterocycles. The number of carbonyl (C=O) groups excluding carboxylic acids is 3. The summed E-state index contributed by atoms with van der Waals surface area (Å²) >= 11 is 0. The molecule has 0 radical (unpaired) electrons. The van der Waals surface area contributed by atoms with Gasteiger partial charge in [-0.15, -0.1) is 0 Å². The first-order valence-corrected chi connectivity index (χ1v) is 9.15. The van der Waals surface area contributed by atoms with Crippen LogP contribution in [0.2, 0.25) is 0 Å². The normalized spacial score (nSPS) is 29.2. The van der Waals surface area contributed by atoms with Crippen molar-refractivity contribution in [1.29, 1.82) is 5.26 Å². The zero-order valence-corrected chi connectivity index (χ0v) is 15.7. The zero-order chi connectivity index (χ0) is 20.1. The molecule has 1 amide bonds. The number of allylic oxidation sites excluding steroid dienone is 1. The van der Waals surface area contributed by atoms with E-state index < -0.39 is 28.8 Å². The fraction of sp³-hybridized carbons (Fsp3) is 0.429. The molecule has 0 unspecified atom stereocenters. The van der Waals surface area contributed by atoms with Gasteiger partial charge < -0.3 is 9.47 Å². The molecule has 0 saturated carbocycles. The summed E-state index contributed by atoms with van der Waals surface area (Å²) in [5, 5.41) is 10.4. The lowest BCUT2D eigenvalue weighted by atomic mass is 9.60. The van der Waals surface area contributed by atoms with Crippen molar-refractivity contribution in [2.24, 2.45) is 11.3 Å². The lowest BCUT2D eigenvalue weighted by Gasteiger charge is -2.47. The van der Waals surface area contributed by atoms with Gasteiger partial charge in [0.05, 0.1) is 26.2 Å². The van der Waals surface area contributed by atoms with E-state index >= 15 is 0 Å². The fourth-order valence-corrected chi connectivity index (χ4v) is 5.30. The van der Waals surface area contributed by atoms with Gasteiger partial charge in [-0.05, 0) is 24.5 Å². The molecule has 0 aromatic heterocycles. The number of fused-ring (bicyclic) bond motifs is 3. The third kappa shape index (κ3) is 1.95. The number of hydrogen-bond donors (Lipinski definition) is 0. The van der Waals surface area contributed by atoms with Gasteiger partial charge in [0, 0.05) is 18.0 Å². The monoisotopic (exact) mass is 380 g/mol. The van der Waals surface area contributed by atoms with Crippen molar-refractivity contribution in [1.82, 2.24) is 0 Å². The smallest absolute Gasteiger partial charge is 0.324 e. The highest BCUT2D eigenvalue weighted by Gasteiger charge is 2.71. The van der Waals surface area contributed by atoms with E-state index in [1.165, 1.54) is 19.1 Å². The Kier molecular flexibility index (Phi) is 4.03. The molecule has 1 aromatic carbocycles. The number of anilines is 1. The molecule has 7 heteroatoms. The average molecular weight is 380 g/mol. The molecular formula is C21H20N2O5. The number of esters is 2. The summed E-state index contributed by atoms with van der Waals surface area (Å²) in [6.45, 7) is 0. The molecule has 144 valence electrons.